The maximum atomic E-state index is 12.9. The third-order valence-corrected chi connectivity index (χ3v) is 4.34. The van der Waals surface area contributed by atoms with Crippen LogP contribution in [0, 0.1) is 11.7 Å². The molecule has 1 aromatic carbocycles. The number of nitrogens with one attached hydrogen (secondary N) is 1. The molecule has 7 heteroatoms. The van der Waals surface area contributed by atoms with Crippen LogP contribution in [0.2, 0.25) is 0 Å². The number of aliphatic hydroxyl groups excluding tert-OH is 1. The van der Waals surface area contributed by atoms with Gasteiger partial charge < -0.3 is 20.1 Å². The molecule has 0 aliphatic carbocycles. The van der Waals surface area contributed by atoms with E-state index in [2.05, 4.69) is 34.0 Å². The van der Waals surface area contributed by atoms with Gasteiger partial charge in [0.15, 0.2) is 5.96 Å². The average Bonchev–Trinajstić information content (AvgIpc) is 2.65. The molecule has 1 aromatic rings. The highest BCUT2D eigenvalue weighted by atomic mass is 19.1. The summed E-state index contributed by atoms with van der Waals surface area (Å²) in [5, 5.41) is 13.5. The molecular formula is C20H33FN4O2. The molecule has 1 atom stereocenters. The van der Waals surface area contributed by atoms with Gasteiger partial charge >= 0.3 is 0 Å². The molecule has 1 saturated heterocycles. The first-order valence-electron chi connectivity index (χ1n) is 9.80. The Morgan fingerprint density at radius 1 is 1.22 bits per heavy atom. The maximum Gasteiger partial charge on any atom is 0.194 e. The Balaban J connectivity index is 1.81. The van der Waals surface area contributed by atoms with Crippen molar-refractivity contribution < 1.29 is 14.2 Å². The second kappa shape index (κ2) is 11.1. The Labute approximate surface area is 162 Å². The van der Waals surface area contributed by atoms with Gasteiger partial charge in [-0.3, -0.25) is 9.89 Å². The first kappa shape index (κ1) is 21.4. The van der Waals surface area contributed by atoms with Crippen LogP contribution in [-0.4, -0.2) is 79.4 Å². The summed E-state index contributed by atoms with van der Waals surface area (Å²) in [5.74, 6) is 1.74. The molecule has 0 spiro atoms. The largest absolute Gasteiger partial charge is 0.491 e. The molecule has 1 fully saturated rings. The van der Waals surface area contributed by atoms with Crippen molar-refractivity contribution in [3.63, 3.8) is 0 Å². The van der Waals surface area contributed by atoms with E-state index in [1.54, 1.807) is 12.1 Å². The van der Waals surface area contributed by atoms with E-state index in [-0.39, 0.29) is 19.0 Å². The van der Waals surface area contributed by atoms with Gasteiger partial charge in [0.1, 0.15) is 24.3 Å². The number of nitrogens with zero attached hydrogens (tertiary/aromatic N) is 3. The average molecular weight is 381 g/mol. The van der Waals surface area contributed by atoms with Crippen LogP contribution in [0.4, 0.5) is 4.39 Å². The fraction of sp³-hybridized carbons (Fsp3) is 0.650. The number of hydrogen-bond acceptors (Lipinski definition) is 4. The van der Waals surface area contributed by atoms with E-state index in [9.17, 15) is 9.50 Å². The van der Waals surface area contributed by atoms with E-state index in [0.717, 1.165) is 45.2 Å². The van der Waals surface area contributed by atoms with Gasteiger partial charge in [-0.25, -0.2) is 4.39 Å². The summed E-state index contributed by atoms with van der Waals surface area (Å²) in [5.41, 5.74) is 0. The first-order chi connectivity index (χ1) is 13.0. The Bertz CT molecular complexity index is 572. The lowest BCUT2D eigenvalue weighted by atomic mass is 10.2. The summed E-state index contributed by atoms with van der Waals surface area (Å²) >= 11 is 0. The summed E-state index contributed by atoms with van der Waals surface area (Å²) in [6.07, 6.45) is -0.717. The normalized spacial score (nSPS) is 17.3. The molecule has 1 aliphatic heterocycles. The van der Waals surface area contributed by atoms with Gasteiger partial charge in [0.05, 0.1) is 6.54 Å². The topological polar surface area (TPSA) is 60.3 Å². The van der Waals surface area contributed by atoms with Gasteiger partial charge in [-0.1, -0.05) is 13.8 Å². The van der Waals surface area contributed by atoms with Crippen molar-refractivity contribution in [2.24, 2.45) is 10.9 Å². The number of guanidine groups is 1. The summed E-state index contributed by atoms with van der Waals surface area (Å²) in [7, 11) is 0. The van der Waals surface area contributed by atoms with Crippen molar-refractivity contribution >= 4 is 5.96 Å². The Morgan fingerprint density at radius 2 is 1.89 bits per heavy atom. The highest BCUT2D eigenvalue weighted by Crippen LogP contribution is 2.11. The zero-order valence-electron chi connectivity index (χ0n) is 16.7. The van der Waals surface area contributed by atoms with Crippen LogP contribution >= 0.6 is 0 Å². The summed E-state index contributed by atoms with van der Waals surface area (Å²) in [6, 6.07) is 5.77. The number of ether oxygens (including phenoxy) is 1. The minimum absolute atomic E-state index is 0.122. The molecule has 152 valence electrons. The number of aliphatic imine (C=N–C) groups is 1. The van der Waals surface area contributed by atoms with E-state index < -0.39 is 6.10 Å². The Hall–Kier alpha value is -1.86. The summed E-state index contributed by atoms with van der Waals surface area (Å²) in [4.78, 5) is 9.30. The maximum absolute atomic E-state index is 12.9. The van der Waals surface area contributed by atoms with Crippen LogP contribution in [0.15, 0.2) is 29.3 Å². The van der Waals surface area contributed by atoms with Gasteiger partial charge in [-0.2, -0.15) is 0 Å². The van der Waals surface area contributed by atoms with E-state index in [1.807, 2.05) is 6.92 Å². The molecule has 0 aromatic heterocycles. The van der Waals surface area contributed by atoms with Gasteiger partial charge in [-0.15, -0.1) is 0 Å². The number of rotatable bonds is 8. The van der Waals surface area contributed by atoms with Crippen LogP contribution in [0.5, 0.6) is 5.75 Å². The van der Waals surface area contributed by atoms with Crippen molar-refractivity contribution in [2.45, 2.75) is 26.9 Å². The zero-order valence-corrected chi connectivity index (χ0v) is 16.7. The van der Waals surface area contributed by atoms with Crippen molar-refractivity contribution in [1.29, 1.82) is 0 Å². The molecular weight excluding hydrogens is 347 g/mol. The summed E-state index contributed by atoms with van der Waals surface area (Å²) in [6.45, 7) is 12.7. The minimum atomic E-state index is -0.717. The summed E-state index contributed by atoms with van der Waals surface area (Å²) < 4.78 is 18.4. The molecule has 6 nitrogen and oxygen atoms in total. The molecule has 0 bridgehead atoms. The van der Waals surface area contributed by atoms with Crippen molar-refractivity contribution in [3.8, 4) is 5.75 Å². The fourth-order valence-corrected chi connectivity index (χ4v) is 3.05. The predicted molar refractivity (Wildman–Crippen MR) is 107 cm³/mol. The molecule has 1 aliphatic rings. The van der Waals surface area contributed by atoms with Gasteiger partial charge in [0, 0.05) is 39.3 Å². The number of halogens is 1. The van der Waals surface area contributed by atoms with Crippen molar-refractivity contribution in [2.75, 3.05) is 52.4 Å². The smallest absolute Gasteiger partial charge is 0.194 e. The SMILES string of the molecule is CCNC(=NCC(O)COc1ccc(F)cc1)N1CCN(CC(C)C)CC1. The third kappa shape index (κ3) is 7.72. The van der Waals surface area contributed by atoms with Gasteiger partial charge in [0.2, 0.25) is 0 Å². The van der Waals surface area contributed by atoms with Crippen molar-refractivity contribution in [3.05, 3.63) is 30.1 Å². The van der Waals surface area contributed by atoms with Crippen LogP contribution in [0.25, 0.3) is 0 Å². The second-order valence-electron chi connectivity index (χ2n) is 7.29. The highest BCUT2D eigenvalue weighted by Gasteiger charge is 2.20. The van der Waals surface area contributed by atoms with Crippen LogP contribution in [-0.2, 0) is 0 Å². The Kier molecular flexibility index (Phi) is 8.81. The number of benzene rings is 1. The van der Waals surface area contributed by atoms with E-state index >= 15 is 0 Å². The number of hydrogen-bond donors (Lipinski definition) is 2. The van der Waals surface area contributed by atoms with Crippen LogP contribution in [0.3, 0.4) is 0 Å². The standard InChI is InChI=1S/C20H33FN4O2/c1-4-22-20(25-11-9-24(10-12-25)14-16(2)3)23-13-18(26)15-27-19-7-5-17(21)6-8-19/h5-8,16,18,26H,4,9-15H2,1-3H3,(H,22,23). The molecule has 0 amide bonds. The molecule has 0 saturated carbocycles. The quantitative estimate of drug-likeness (QED) is 0.532. The minimum Gasteiger partial charge on any atom is -0.491 e. The predicted octanol–water partition coefficient (Wildman–Crippen LogP) is 1.80. The Morgan fingerprint density at radius 3 is 2.48 bits per heavy atom. The van der Waals surface area contributed by atoms with Gasteiger partial charge in [-0.05, 0) is 37.1 Å². The lowest BCUT2D eigenvalue weighted by Gasteiger charge is -2.37. The number of aliphatic hydroxyl groups is 1. The number of piperazine rings is 1. The van der Waals surface area contributed by atoms with Gasteiger partial charge in [0.25, 0.3) is 0 Å². The monoisotopic (exact) mass is 380 g/mol. The zero-order chi connectivity index (χ0) is 19.6. The fourth-order valence-electron chi connectivity index (χ4n) is 3.05. The van der Waals surface area contributed by atoms with E-state index in [4.69, 9.17) is 4.74 Å². The van der Waals surface area contributed by atoms with Crippen LogP contribution < -0.4 is 10.1 Å². The van der Waals surface area contributed by atoms with Crippen molar-refractivity contribution in [1.82, 2.24) is 15.1 Å². The lowest BCUT2D eigenvalue weighted by Crippen LogP contribution is -2.53. The third-order valence-electron chi connectivity index (χ3n) is 4.34. The molecule has 2 rings (SSSR count). The molecule has 1 unspecified atom stereocenters. The van der Waals surface area contributed by atoms with E-state index in [1.165, 1.54) is 12.1 Å². The molecule has 1 heterocycles. The lowest BCUT2D eigenvalue weighted by molar-refractivity contribution is 0.113. The molecule has 0 radical (unpaired) electrons. The molecule has 27 heavy (non-hydrogen) atoms. The first-order valence-corrected chi connectivity index (χ1v) is 9.80. The van der Waals surface area contributed by atoms with Crippen LogP contribution in [0.1, 0.15) is 20.8 Å². The second-order valence-corrected chi connectivity index (χ2v) is 7.29. The van der Waals surface area contributed by atoms with E-state index in [0.29, 0.717) is 11.7 Å². The molecule has 2 N–H and O–H groups in total. The highest BCUT2D eigenvalue weighted by molar-refractivity contribution is 5.80.